The molecule has 1 fully saturated rings. The highest BCUT2D eigenvalue weighted by atomic mass is 35.5. The van der Waals surface area contributed by atoms with Crippen LogP contribution in [0.25, 0.3) is 0 Å². The number of fused-ring (bicyclic) bond motifs is 1. The van der Waals surface area contributed by atoms with Gasteiger partial charge in [0.15, 0.2) is 6.10 Å². The Hall–Kier alpha value is -1.26. The molecule has 2 N–H and O–H groups in total. The first-order valence-corrected chi connectivity index (χ1v) is 7.45. The molecule has 0 aromatic heterocycles. The number of nitrogens with one attached hydrogen (secondary N) is 1. The van der Waals surface area contributed by atoms with Gasteiger partial charge in [0.1, 0.15) is 5.75 Å². The maximum absolute atomic E-state index is 12.2. The van der Waals surface area contributed by atoms with E-state index in [1.54, 1.807) is 12.1 Å². The number of aliphatic hydroxyl groups excluding tert-OH is 1. The van der Waals surface area contributed by atoms with E-state index in [-0.39, 0.29) is 11.9 Å². The van der Waals surface area contributed by atoms with Gasteiger partial charge in [-0.3, -0.25) is 4.79 Å². The van der Waals surface area contributed by atoms with Crippen LogP contribution < -0.4 is 10.1 Å². The first kappa shape index (κ1) is 13.7. The van der Waals surface area contributed by atoms with Crippen LogP contribution in [0.3, 0.4) is 0 Å². The molecule has 3 unspecified atom stereocenters. The Morgan fingerprint density at radius 2 is 2.15 bits per heavy atom. The van der Waals surface area contributed by atoms with E-state index < -0.39 is 12.2 Å². The van der Waals surface area contributed by atoms with Crippen molar-refractivity contribution in [1.29, 1.82) is 0 Å². The SMILES string of the molecule is O=C(NC1CCCCC1O)C1Cc2cc(Cl)ccc2O1. The molecule has 3 rings (SSSR count). The topological polar surface area (TPSA) is 58.6 Å². The summed E-state index contributed by atoms with van der Waals surface area (Å²) in [4.78, 5) is 12.2. The van der Waals surface area contributed by atoms with Gasteiger partial charge in [-0.2, -0.15) is 0 Å². The second-order valence-electron chi connectivity index (χ2n) is 5.53. The number of carbonyl (C=O) groups is 1. The monoisotopic (exact) mass is 295 g/mol. The van der Waals surface area contributed by atoms with E-state index in [0.29, 0.717) is 11.4 Å². The third-order valence-electron chi connectivity index (χ3n) is 4.05. The van der Waals surface area contributed by atoms with Crippen LogP contribution in [-0.2, 0) is 11.2 Å². The number of benzene rings is 1. The molecule has 1 aliphatic carbocycles. The molecular weight excluding hydrogens is 278 g/mol. The van der Waals surface area contributed by atoms with Gasteiger partial charge in [-0.25, -0.2) is 0 Å². The zero-order chi connectivity index (χ0) is 14.1. The highest BCUT2D eigenvalue weighted by Crippen LogP contribution is 2.31. The number of hydrogen-bond donors (Lipinski definition) is 2. The van der Waals surface area contributed by atoms with Gasteiger partial charge in [0.2, 0.25) is 0 Å². The van der Waals surface area contributed by atoms with Crippen LogP contribution in [0.5, 0.6) is 5.75 Å². The average Bonchev–Trinajstić information content (AvgIpc) is 2.84. The van der Waals surface area contributed by atoms with Gasteiger partial charge in [0, 0.05) is 11.4 Å². The van der Waals surface area contributed by atoms with Gasteiger partial charge >= 0.3 is 0 Å². The van der Waals surface area contributed by atoms with Crippen LogP contribution in [0.1, 0.15) is 31.2 Å². The van der Waals surface area contributed by atoms with Gasteiger partial charge < -0.3 is 15.2 Å². The summed E-state index contributed by atoms with van der Waals surface area (Å²) in [6.45, 7) is 0. The molecule has 1 amide bonds. The number of aliphatic hydroxyl groups is 1. The molecule has 1 saturated carbocycles. The summed E-state index contributed by atoms with van der Waals surface area (Å²) < 4.78 is 5.65. The summed E-state index contributed by atoms with van der Waals surface area (Å²) in [5.74, 6) is 0.571. The van der Waals surface area contributed by atoms with E-state index in [4.69, 9.17) is 16.3 Å². The maximum atomic E-state index is 12.2. The zero-order valence-electron chi connectivity index (χ0n) is 11.1. The van der Waals surface area contributed by atoms with E-state index in [1.165, 1.54) is 0 Å². The standard InChI is InChI=1S/C15H18ClNO3/c16-10-5-6-13-9(7-10)8-14(20-13)15(19)17-11-3-1-2-4-12(11)18/h5-7,11-12,14,18H,1-4,8H2,(H,17,19). The predicted molar refractivity (Wildman–Crippen MR) is 76.0 cm³/mol. The Bertz CT molecular complexity index is 520. The summed E-state index contributed by atoms with van der Waals surface area (Å²) in [6.07, 6.45) is 3.24. The molecule has 5 heteroatoms. The molecule has 1 heterocycles. The summed E-state index contributed by atoms with van der Waals surface area (Å²) in [5, 5.41) is 13.5. The van der Waals surface area contributed by atoms with Crippen molar-refractivity contribution < 1.29 is 14.6 Å². The molecule has 1 aromatic rings. The minimum atomic E-state index is -0.516. The molecule has 2 aliphatic rings. The molecule has 0 saturated heterocycles. The fourth-order valence-electron chi connectivity index (χ4n) is 2.92. The highest BCUT2D eigenvalue weighted by molar-refractivity contribution is 6.30. The lowest BCUT2D eigenvalue weighted by molar-refractivity contribution is -0.129. The van der Waals surface area contributed by atoms with E-state index in [0.717, 1.165) is 37.0 Å². The predicted octanol–water partition coefficient (Wildman–Crippen LogP) is 2.06. The zero-order valence-corrected chi connectivity index (χ0v) is 11.9. The van der Waals surface area contributed by atoms with Crippen molar-refractivity contribution in [2.24, 2.45) is 0 Å². The number of amides is 1. The third kappa shape index (κ3) is 2.76. The molecule has 0 radical (unpaired) electrons. The minimum absolute atomic E-state index is 0.146. The van der Waals surface area contributed by atoms with Crippen LogP contribution in [-0.4, -0.2) is 29.3 Å². The second-order valence-corrected chi connectivity index (χ2v) is 5.97. The summed E-state index contributed by atoms with van der Waals surface area (Å²) in [5.41, 5.74) is 0.960. The van der Waals surface area contributed by atoms with E-state index >= 15 is 0 Å². The molecule has 3 atom stereocenters. The normalized spacial score (nSPS) is 28.6. The highest BCUT2D eigenvalue weighted by Gasteiger charge is 2.32. The fraction of sp³-hybridized carbons (Fsp3) is 0.533. The molecular formula is C15H18ClNO3. The van der Waals surface area contributed by atoms with Crippen LogP contribution in [0.2, 0.25) is 5.02 Å². The minimum Gasteiger partial charge on any atom is -0.480 e. The maximum Gasteiger partial charge on any atom is 0.261 e. The number of rotatable bonds is 2. The quantitative estimate of drug-likeness (QED) is 0.878. The molecule has 4 nitrogen and oxygen atoms in total. The van der Waals surface area contributed by atoms with Crippen LogP contribution in [0, 0.1) is 0 Å². The third-order valence-corrected chi connectivity index (χ3v) is 4.28. The Morgan fingerprint density at radius 1 is 1.35 bits per heavy atom. The number of carbonyl (C=O) groups excluding carboxylic acids is 1. The van der Waals surface area contributed by atoms with E-state index in [1.807, 2.05) is 6.07 Å². The lowest BCUT2D eigenvalue weighted by atomic mass is 9.92. The Kier molecular flexibility index (Phi) is 3.85. The first-order valence-electron chi connectivity index (χ1n) is 7.07. The van der Waals surface area contributed by atoms with E-state index in [9.17, 15) is 9.90 Å². The van der Waals surface area contributed by atoms with E-state index in [2.05, 4.69) is 5.32 Å². The molecule has 0 spiro atoms. The first-order chi connectivity index (χ1) is 9.63. The van der Waals surface area contributed by atoms with Gasteiger partial charge in [0.05, 0.1) is 12.1 Å². The van der Waals surface area contributed by atoms with Gasteiger partial charge in [0.25, 0.3) is 5.91 Å². The smallest absolute Gasteiger partial charge is 0.261 e. The molecule has 1 aliphatic heterocycles. The Balaban J connectivity index is 1.62. The lowest BCUT2D eigenvalue weighted by Crippen LogP contribution is -2.49. The summed E-state index contributed by atoms with van der Waals surface area (Å²) in [7, 11) is 0. The number of hydrogen-bond acceptors (Lipinski definition) is 3. The Morgan fingerprint density at radius 3 is 2.95 bits per heavy atom. The molecule has 108 valence electrons. The van der Waals surface area contributed by atoms with Crippen molar-refractivity contribution in [3.63, 3.8) is 0 Å². The largest absolute Gasteiger partial charge is 0.480 e. The van der Waals surface area contributed by atoms with Crippen molar-refractivity contribution in [2.45, 2.75) is 50.4 Å². The molecule has 0 bridgehead atoms. The van der Waals surface area contributed by atoms with Crippen LogP contribution in [0.4, 0.5) is 0 Å². The fourth-order valence-corrected chi connectivity index (χ4v) is 3.11. The van der Waals surface area contributed by atoms with Crippen molar-refractivity contribution in [3.8, 4) is 5.75 Å². The number of halogens is 1. The van der Waals surface area contributed by atoms with Gasteiger partial charge in [-0.05, 0) is 36.6 Å². The average molecular weight is 296 g/mol. The van der Waals surface area contributed by atoms with Crippen molar-refractivity contribution in [3.05, 3.63) is 28.8 Å². The van der Waals surface area contributed by atoms with Crippen LogP contribution in [0.15, 0.2) is 18.2 Å². The summed E-state index contributed by atoms with van der Waals surface area (Å²) in [6, 6.07) is 5.23. The lowest BCUT2D eigenvalue weighted by Gasteiger charge is -2.29. The van der Waals surface area contributed by atoms with Crippen LogP contribution >= 0.6 is 11.6 Å². The second kappa shape index (κ2) is 5.62. The number of ether oxygens (including phenoxy) is 1. The Labute approximate surface area is 123 Å². The summed E-state index contributed by atoms with van der Waals surface area (Å²) >= 11 is 5.94. The van der Waals surface area contributed by atoms with Crippen molar-refractivity contribution in [2.75, 3.05) is 0 Å². The van der Waals surface area contributed by atoms with Gasteiger partial charge in [-0.15, -0.1) is 0 Å². The van der Waals surface area contributed by atoms with Crippen molar-refractivity contribution in [1.82, 2.24) is 5.32 Å². The van der Waals surface area contributed by atoms with Crippen molar-refractivity contribution >= 4 is 17.5 Å². The molecule has 1 aromatic carbocycles. The van der Waals surface area contributed by atoms with Gasteiger partial charge in [-0.1, -0.05) is 24.4 Å². The molecule has 20 heavy (non-hydrogen) atoms.